The Kier molecular flexibility index (Phi) is 7.92. The Morgan fingerprint density at radius 2 is 1.74 bits per heavy atom. The summed E-state index contributed by atoms with van der Waals surface area (Å²) in [6.07, 6.45) is 10.1. The first-order chi connectivity index (χ1) is 18.4. The normalized spacial score (nSPS) is 21.8. The molecule has 3 aliphatic rings. The molecule has 2 saturated carbocycles. The highest BCUT2D eigenvalue weighted by Crippen LogP contribution is 2.42. The zero-order valence-corrected chi connectivity index (χ0v) is 24.6. The maximum Gasteiger partial charge on any atom is 0.306 e. The highest BCUT2D eigenvalue weighted by molar-refractivity contribution is 7.89. The van der Waals surface area contributed by atoms with Crippen LogP contribution in [-0.4, -0.2) is 42.0 Å². The number of nitrogens with zero attached hydrogens (tertiary/aromatic N) is 1. The molecule has 3 aliphatic carbocycles. The highest BCUT2D eigenvalue weighted by Gasteiger charge is 2.36. The lowest BCUT2D eigenvalue weighted by Crippen LogP contribution is -2.46. The summed E-state index contributed by atoms with van der Waals surface area (Å²) in [5.74, 6) is -0.935. The van der Waals surface area contributed by atoms with Gasteiger partial charge < -0.3 is 10.4 Å². The number of aromatic nitrogens is 1. The van der Waals surface area contributed by atoms with Crippen LogP contribution in [0.4, 0.5) is 0 Å². The van der Waals surface area contributed by atoms with E-state index in [4.69, 9.17) is 10.1 Å². The molecule has 39 heavy (non-hydrogen) atoms. The zero-order valence-electron chi connectivity index (χ0n) is 23.0. The summed E-state index contributed by atoms with van der Waals surface area (Å²) in [4.78, 5) is 30.5. The number of carbonyl (C=O) groups excluding carboxylic acids is 1. The fraction of sp³-hybridized carbons (Fsp3) is 0.621. The van der Waals surface area contributed by atoms with Crippen molar-refractivity contribution in [2.75, 3.05) is 0 Å². The summed E-state index contributed by atoms with van der Waals surface area (Å²) in [5, 5.41) is 12.5. The van der Waals surface area contributed by atoms with Crippen LogP contribution >= 0.6 is 11.3 Å². The average Bonchev–Trinajstić information content (AvgIpc) is 3.47. The van der Waals surface area contributed by atoms with Crippen molar-refractivity contribution in [2.45, 2.75) is 108 Å². The zero-order chi connectivity index (χ0) is 27.9. The maximum absolute atomic E-state index is 13.3. The fourth-order valence-electron chi connectivity index (χ4n) is 6.24. The lowest BCUT2D eigenvalue weighted by atomic mass is 9.80. The van der Waals surface area contributed by atoms with Crippen LogP contribution in [-0.2, 0) is 34.1 Å². The minimum absolute atomic E-state index is 0.142. The van der Waals surface area contributed by atoms with Gasteiger partial charge in [-0.3, -0.25) is 9.59 Å². The molecular formula is C29H39N3O5S2. The van der Waals surface area contributed by atoms with E-state index in [1.165, 1.54) is 30.6 Å². The molecule has 212 valence electrons. The number of carbonyl (C=O) groups is 2. The molecule has 0 bridgehead atoms. The molecule has 0 unspecified atom stereocenters. The van der Waals surface area contributed by atoms with Crippen LogP contribution in [0.25, 0.3) is 10.4 Å². The van der Waals surface area contributed by atoms with E-state index in [-0.39, 0.29) is 11.9 Å². The molecule has 0 saturated heterocycles. The van der Waals surface area contributed by atoms with Crippen LogP contribution in [0, 0.1) is 11.8 Å². The van der Waals surface area contributed by atoms with Crippen molar-refractivity contribution in [1.29, 1.82) is 0 Å². The first-order valence-electron chi connectivity index (χ1n) is 14.1. The van der Waals surface area contributed by atoms with E-state index < -0.39 is 27.4 Å². The summed E-state index contributed by atoms with van der Waals surface area (Å²) < 4.78 is 29.3. The smallest absolute Gasteiger partial charge is 0.306 e. The molecule has 1 amide bonds. The summed E-state index contributed by atoms with van der Waals surface area (Å²) in [6.45, 7) is 5.52. The fourth-order valence-corrected chi connectivity index (χ4v) is 9.00. The molecule has 2 fully saturated rings. The number of carboxylic acid groups (broad SMARTS) is 1. The quantitative estimate of drug-likeness (QED) is 0.404. The number of benzene rings is 1. The number of carboxylic acids is 1. The summed E-state index contributed by atoms with van der Waals surface area (Å²) in [6, 6.07) is 3.49. The number of fused-ring (bicyclic) bond motifs is 1. The maximum atomic E-state index is 13.3. The standard InChI is InChI=1S/C29H39N3O5S2/c1-29(2,3)32-39(36,37)24-13-12-22(20-10-7-11-21(20)24)25-23(14-17-8-5-4-6-9-17)31-27(38-25)26(33)30-19-15-18(16-19)28(34)35/h12-13,17-19,32H,4-11,14-16H2,1-3H3,(H,30,33)(H,34,35). The Balaban J connectivity index is 1.48. The highest BCUT2D eigenvalue weighted by atomic mass is 32.2. The first kappa shape index (κ1) is 28.2. The van der Waals surface area contributed by atoms with Gasteiger partial charge in [-0.2, -0.15) is 0 Å². The van der Waals surface area contributed by atoms with Gasteiger partial charge in [-0.05, 0) is 88.0 Å². The van der Waals surface area contributed by atoms with Gasteiger partial charge >= 0.3 is 5.97 Å². The summed E-state index contributed by atoms with van der Waals surface area (Å²) >= 11 is 1.38. The van der Waals surface area contributed by atoms with Gasteiger partial charge in [-0.1, -0.05) is 38.2 Å². The van der Waals surface area contributed by atoms with Gasteiger partial charge in [0.15, 0.2) is 5.01 Å². The van der Waals surface area contributed by atoms with Crippen LogP contribution in [0.2, 0.25) is 0 Å². The van der Waals surface area contributed by atoms with E-state index >= 15 is 0 Å². The second-order valence-corrected chi connectivity index (χ2v) is 15.1. The predicted octanol–water partition coefficient (Wildman–Crippen LogP) is 5.09. The molecule has 1 aromatic carbocycles. The number of sulfonamides is 1. The van der Waals surface area contributed by atoms with E-state index in [0.29, 0.717) is 35.1 Å². The van der Waals surface area contributed by atoms with Gasteiger partial charge in [0.05, 0.1) is 21.4 Å². The Morgan fingerprint density at radius 3 is 2.41 bits per heavy atom. The molecular weight excluding hydrogens is 534 g/mol. The van der Waals surface area contributed by atoms with E-state index in [2.05, 4.69) is 10.0 Å². The lowest BCUT2D eigenvalue weighted by Gasteiger charge is -2.32. The number of amides is 1. The van der Waals surface area contributed by atoms with Crippen molar-refractivity contribution in [3.8, 4) is 10.4 Å². The molecule has 1 aromatic heterocycles. The minimum atomic E-state index is -3.67. The van der Waals surface area contributed by atoms with Crippen molar-refractivity contribution < 1.29 is 23.1 Å². The van der Waals surface area contributed by atoms with Gasteiger partial charge in [-0.25, -0.2) is 18.1 Å². The first-order valence-corrected chi connectivity index (χ1v) is 16.4. The van der Waals surface area contributed by atoms with Crippen molar-refractivity contribution in [2.24, 2.45) is 11.8 Å². The van der Waals surface area contributed by atoms with Crippen molar-refractivity contribution in [3.63, 3.8) is 0 Å². The Hall–Kier alpha value is -2.30. The molecule has 5 rings (SSSR count). The van der Waals surface area contributed by atoms with Crippen LogP contribution in [0.5, 0.6) is 0 Å². The Morgan fingerprint density at radius 1 is 1.05 bits per heavy atom. The second kappa shape index (κ2) is 10.9. The molecule has 8 nitrogen and oxygen atoms in total. The monoisotopic (exact) mass is 573 g/mol. The van der Waals surface area contributed by atoms with E-state index in [1.54, 1.807) is 6.07 Å². The third kappa shape index (κ3) is 6.23. The molecule has 2 aromatic rings. The summed E-state index contributed by atoms with van der Waals surface area (Å²) in [7, 11) is -3.67. The van der Waals surface area contributed by atoms with Gasteiger partial charge in [-0.15, -0.1) is 11.3 Å². The molecule has 0 atom stereocenters. The molecule has 0 radical (unpaired) electrons. The third-order valence-corrected chi connectivity index (χ3v) is 11.1. The number of nitrogens with one attached hydrogen (secondary N) is 2. The number of hydrogen-bond acceptors (Lipinski definition) is 6. The van der Waals surface area contributed by atoms with E-state index in [1.807, 2.05) is 26.8 Å². The molecule has 3 N–H and O–H groups in total. The number of rotatable bonds is 8. The SMILES string of the molecule is CC(C)(C)NS(=O)(=O)c1ccc(-c2sc(C(=O)NC3CC(C(=O)O)C3)nc2CC2CCCCC2)c2c1CCC2. The van der Waals surface area contributed by atoms with Gasteiger partial charge in [0.25, 0.3) is 5.91 Å². The van der Waals surface area contributed by atoms with E-state index in [0.717, 1.165) is 59.4 Å². The molecule has 0 spiro atoms. The third-order valence-electron chi connectivity index (χ3n) is 8.14. The minimum Gasteiger partial charge on any atom is -0.481 e. The topological polar surface area (TPSA) is 125 Å². The molecule has 0 aliphatic heterocycles. The van der Waals surface area contributed by atoms with Crippen LogP contribution < -0.4 is 10.0 Å². The van der Waals surface area contributed by atoms with Gasteiger partial charge in [0, 0.05) is 11.6 Å². The van der Waals surface area contributed by atoms with Crippen LogP contribution in [0.1, 0.15) is 98.8 Å². The van der Waals surface area contributed by atoms with Crippen molar-refractivity contribution in [1.82, 2.24) is 15.0 Å². The van der Waals surface area contributed by atoms with Crippen molar-refractivity contribution >= 4 is 33.2 Å². The van der Waals surface area contributed by atoms with Crippen LogP contribution in [0.15, 0.2) is 17.0 Å². The average molecular weight is 574 g/mol. The second-order valence-electron chi connectivity index (χ2n) is 12.5. The van der Waals surface area contributed by atoms with Crippen LogP contribution in [0.3, 0.4) is 0 Å². The van der Waals surface area contributed by atoms with E-state index in [9.17, 15) is 18.0 Å². The number of hydrogen-bond donors (Lipinski definition) is 3. The molecule has 10 heteroatoms. The van der Waals surface area contributed by atoms with Gasteiger partial charge in [0.2, 0.25) is 10.0 Å². The number of aliphatic carboxylic acids is 1. The lowest BCUT2D eigenvalue weighted by molar-refractivity contribution is -0.145. The van der Waals surface area contributed by atoms with Gasteiger partial charge in [0.1, 0.15) is 0 Å². The Labute approximate surface area is 235 Å². The predicted molar refractivity (Wildman–Crippen MR) is 152 cm³/mol. The van der Waals surface area contributed by atoms with Crippen molar-refractivity contribution in [3.05, 3.63) is 34.0 Å². The Bertz CT molecular complexity index is 1360. The number of thiazole rings is 1. The summed E-state index contributed by atoms with van der Waals surface area (Å²) in [5.41, 5.74) is 3.26. The largest absolute Gasteiger partial charge is 0.481 e. The molecule has 1 heterocycles.